The van der Waals surface area contributed by atoms with Crippen LogP contribution < -0.4 is 0 Å². The molecule has 3 heteroatoms. The molecule has 1 aromatic carbocycles. The first kappa shape index (κ1) is 13.8. The van der Waals surface area contributed by atoms with Gasteiger partial charge in [0.25, 0.3) is 0 Å². The molecule has 3 rings (SSSR count). The molecule has 1 aromatic rings. The number of hydrogen-bond donors (Lipinski definition) is 0. The maximum atomic E-state index is 11.2. The summed E-state index contributed by atoms with van der Waals surface area (Å²) in [5, 5.41) is 0.821. The van der Waals surface area contributed by atoms with Gasteiger partial charge in [0.2, 0.25) is 0 Å². The zero-order valence-electron chi connectivity index (χ0n) is 11.6. The molecule has 2 atom stereocenters. The number of carbonyl (C=O) groups is 1. The fraction of sp³-hybridized carbons (Fsp3) is 0.529. The Hall–Kier alpha value is -1.15. The molecule has 0 aliphatic heterocycles. The van der Waals surface area contributed by atoms with Gasteiger partial charge in [-0.3, -0.25) is 4.99 Å². The van der Waals surface area contributed by atoms with Crippen molar-refractivity contribution >= 4 is 23.6 Å². The number of halogens is 1. The lowest BCUT2D eigenvalue weighted by Gasteiger charge is -2.26. The number of aldehydes is 1. The van der Waals surface area contributed by atoms with Gasteiger partial charge in [0.1, 0.15) is 12.3 Å². The summed E-state index contributed by atoms with van der Waals surface area (Å²) in [5.74, 6) is 0.799. The van der Waals surface area contributed by atoms with Gasteiger partial charge in [0, 0.05) is 16.7 Å². The van der Waals surface area contributed by atoms with Crippen molar-refractivity contribution in [3.8, 4) is 0 Å². The van der Waals surface area contributed by atoms with Crippen LogP contribution in [0.3, 0.4) is 0 Å². The van der Waals surface area contributed by atoms with Crippen LogP contribution in [0.2, 0.25) is 5.02 Å². The first-order valence-corrected chi connectivity index (χ1v) is 7.93. The molecule has 0 amide bonds. The molecular weight excluding hydrogens is 270 g/mol. The fourth-order valence-electron chi connectivity index (χ4n) is 3.12. The van der Waals surface area contributed by atoms with Gasteiger partial charge in [-0.25, -0.2) is 0 Å². The van der Waals surface area contributed by atoms with Crippen LogP contribution in [0.5, 0.6) is 0 Å². The molecule has 0 saturated heterocycles. The summed E-state index contributed by atoms with van der Waals surface area (Å²) in [4.78, 5) is 16.0. The molecule has 0 heterocycles. The molecule has 2 saturated carbocycles. The minimum atomic E-state index is -0.118. The van der Waals surface area contributed by atoms with Crippen LogP contribution in [-0.4, -0.2) is 18.0 Å². The number of rotatable bonds is 4. The van der Waals surface area contributed by atoms with Gasteiger partial charge in [-0.1, -0.05) is 36.2 Å². The molecule has 20 heavy (non-hydrogen) atoms. The van der Waals surface area contributed by atoms with Gasteiger partial charge in [-0.2, -0.15) is 0 Å². The molecular formula is C17H20ClNO. The molecule has 106 valence electrons. The van der Waals surface area contributed by atoms with Crippen LogP contribution >= 0.6 is 11.6 Å². The molecule has 2 fully saturated rings. The lowest BCUT2D eigenvalue weighted by Crippen LogP contribution is -2.22. The first-order valence-electron chi connectivity index (χ1n) is 7.56. The van der Waals surface area contributed by atoms with E-state index < -0.39 is 0 Å². The number of carbonyl (C=O) groups excluding carboxylic acids is 1. The summed E-state index contributed by atoms with van der Waals surface area (Å²) in [6.45, 7) is 0. The predicted molar refractivity (Wildman–Crippen MR) is 82.7 cm³/mol. The van der Waals surface area contributed by atoms with E-state index in [0.717, 1.165) is 37.0 Å². The van der Waals surface area contributed by atoms with E-state index in [1.807, 2.05) is 18.2 Å². The molecule has 0 bridgehead atoms. The van der Waals surface area contributed by atoms with Crippen molar-refractivity contribution in [2.24, 2.45) is 10.9 Å². The molecule has 0 spiro atoms. The van der Waals surface area contributed by atoms with Crippen LogP contribution in [0.25, 0.3) is 0 Å². The summed E-state index contributed by atoms with van der Waals surface area (Å²) < 4.78 is 0. The Balaban J connectivity index is 1.89. The Bertz CT molecular complexity index is 521. The van der Waals surface area contributed by atoms with E-state index in [0.29, 0.717) is 11.8 Å². The Labute approximate surface area is 125 Å². The average Bonchev–Trinajstić information content (AvgIpc) is 3.30. The molecule has 2 aliphatic rings. The number of hydrogen-bond acceptors (Lipinski definition) is 2. The lowest BCUT2D eigenvalue weighted by molar-refractivity contribution is -0.109. The van der Waals surface area contributed by atoms with E-state index >= 15 is 0 Å². The first-order chi connectivity index (χ1) is 9.79. The largest absolute Gasteiger partial charge is 0.301 e. The summed E-state index contributed by atoms with van der Waals surface area (Å²) in [7, 11) is 0. The minimum absolute atomic E-state index is 0.118. The third-order valence-electron chi connectivity index (χ3n) is 4.42. The van der Waals surface area contributed by atoms with Crippen LogP contribution in [0, 0.1) is 5.92 Å². The van der Waals surface area contributed by atoms with Gasteiger partial charge in [0.15, 0.2) is 0 Å². The summed E-state index contributed by atoms with van der Waals surface area (Å²) >= 11 is 6.34. The van der Waals surface area contributed by atoms with Crippen molar-refractivity contribution in [1.82, 2.24) is 0 Å². The topological polar surface area (TPSA) is 29.4 Å². The number of benzene rings is 1. The van der Waals surface area contributed by atoms with Crippen molar-refractivity contribution in [2.75, 3.05) is 0 Å². The Morgan fingerprint density at radius 1 is 1.20 bits per heavy atom. The standard InChI is InChI=1S/C17H20ClNO/c18-15-7-3-1-5-13(15)14-6-2-4-8-16(14)19-17(11-20)12-9-10-12/h1,3,5,7,11-12,14,17H,2,4,6,8-10H2. The summed E-state index contributed by atoms with van der Waals surface area (Å²) in [5.41, 5.74) is 2.36. The summed E-state index contributed by atoms with van der Waals surface area (Å²) in [6, 6.07) is 7.92. The zero-order chi connectivity index (χ0) is 13.9. The van der Waals surface area contributed by atoms with Gasteiger partial charge >= 0.3 is 0 Å². The maximum absolute atomic E-state index is 11.2. The molecule has 2 aliphatic carbocycles. The zero-order valence-corrected chi connectivity index (χ0v) is 12.4. The Morgan fingerprint density at radius 3 is 2.70 bits per heavy atom. The molecule has 2 nitrogen and oxygen atoms in total. The second-order valence-electron chi connectivity index (χ2n) is 5.90. The second kappa shape index (κ2) is 6.09. The van der Waals surface area contributed by atoms with Crippen LogP contribution in [0.15, 0.2) is 29.3 Å². The number of nitrogens with zero attached hydrogens (tertiary/aromatic N) is 1. The highest BCUT2D eigenvalue weighted by molar-refractivity contribution is 6.31. The van der Waals surface area contributed by atoms with Crippen LogP contribution in [0.4, 0.5) is 0 Å². The Morgan fingerprint density at radius 2 is 2.00 bits per heavy atom. The third kappa shape index (κ3) is 2.95. The number of aliphatic imine (C=N–C) groups is 1. The predicted octanol–water partition coefficient (Wildman–Crippen LogP) is 4.42. The average molecular weight is 290 g/mol. The van der Waals surface area contributed by atoms with E-state index in [2.05, 4.69) is 6.07 Å². The van der Waals surface area contributed by atoms with Crippen molar-refractivity contribution in [3.63, 3.8) is 0 Å². The molecule has 0 radical (unpaired) electrons. The van der Waals surface area contributed by atoms with Crippen LogP contribution in [-0.2, 0) is 4.79 Å². The maximum Gasteiger partial charge on any atom is 0.144 e. The van der Waals surface area contributed by atoms with E-state index in [1.54, 1.807) is 0 Å². The SMILES string of the molecule is O=CC(N=C1CCCCC1c1ccccc1Cl)C1CC1. The van der Waals surface area contributed by atoms with E-state index in [1.165, 1.54) is 24.1 Å². The molecule has 2 unspecified atom stereocenters. The smallest absolute Gasteiger partial charge is 0.144 e. The lowest BCUT2D eigenvalue weighted by atomic mass is 9.82. The van der Waals surface area contributed by atoms with E-state index in [4.69, 9.17) is 16.6 Å². The highest BCUT2D eigenvalue weighted by atomic mass is 35.5. The van der Waals surface area contributed by atoms with E-state index in [9.17, 15) is 4.79 Å². The quantitative estimate of drug-likeness (QED) is 0.755. The molecule has 0 N–H and O–H groups in total. The van der Waals surface area contributed by atoms with Gasteiger partial charge < -0.3 is 4.79 Å². The van der Waals surface area contributed by atoms with Crippen molar-refractivity contribution in [2.45, 2.75) is 50.5 Å². The van der Waals surface area contributed by atoms with Gasteiger partial charge in [-0.15, -0.1) is 0 Å². The van der Waals surface area contributed by atoms with E-state index in [-0.39, 0.29) is 6.04 Å². The van der Waals surface area contributed by atoms with Crippen molar-refractivity contribution in [1.29, 1.82) is 0 Å². The van der Waals surface area contributed by atoms with Crippen LogP contribution in [0.1, 0.15) is 50.0 Å². The normalized spacial score (nSPS) is 26.4. The van der Waals surface area contributed by atoms with Crippen molar-refractivity contribution in [3.05, 3.63) is 34.9 Å². The van der Waals surface area contributed by atoms with Gasteiger partial charge in [-0.05, 0) is 49.7 Å². The summed E-state index contributed by atoms with van der Waals surface area (Å²) in [6.07, 6.45) is 7.82. The minimum Gasteiger partial charge on any atom is -0.301 e. The highest BCUT2D eigenvalue weighted by Gasteiger charge is 2.32. The second-order valence-corrected chi connectivity index (χ2v) is 6.31. The molecule has 0 aromatic heterocycles. The fourth-order valence-corrected chi connectivity index (χ4v) is 3.39. The highest BCUT2D eigenvalue weighted by Crippen LogP contribution is 2.38. The third-order valence-corrected chi connectivity index (χ3v) is 4.76. The Kier molecular flexibility index (Phi) is 4.21. The monoisotopic (exact) mass is 289 g/mol. The van der Waals surface area contributed by atoms with Crippen molar-refractivity contribution < 1.29 is 4.79 Å². The van der Waals surface area contributed by atoms with Gasteiger partial charge in [0.05, 0.1) is 0 Å².